The van der Waals surface area contributed by atoms with E-state index in [9.17, 15) is 4.79 Å². The zero-order valence-electron chi connectivity index (χ0n) is 10.3. The molecule has 1 aromatic heterocycles. The van der Waals surface area contributed by atoms with Crippen molar-refractivity contribution in [1.82, 2.24) is 4.98 Å². The second-order valence-electron chi connectivity index (χ2n) is 4.58. The molecule has 0 unspecified atom stereocenters. The van der Waals surface area contributed by atoms with Crippen molar-refractivity contribution in [3.8, 4) is 0 Å². The summed E-state index contributed by atoms with van der Waals surface area (Å²) in [5.41, 5.74) is 1.24. The summed E-state index contributed by atoms with van der Waals surface area (Å²) in [6, 6.07) is 0. The summed E-state index contributed by atoms with van der Waals surface area (Å²) in [6.07, 6.45) is 7.74. The number of ether oxygens (including phenoxy) is 1. The second kappa shape index (κ2) is 6.15. The highest BCUT2D eigenvalue weighted by atomic mass is 32.1. The number of hydrogen-bond acceptors (Lipinski definition) is 4. The van der Waals surface area contributed by atoms with Gasteiger partial charge < -0.3 is 4.74 Å². The highest BCUT2D eigenvalue weighted by Crippen LogP contribution is 2.33. The van der Waals surface area contributed by atoms with Gasteiger partial charge in [-0.1, -0.05) is 19.3 Å². The van der Waals surface area contributed by atoms with Gasteiger partial charge in [0.1, 0.15) is 0 Å². The van der Waals surface area contributed by atoms with Gasteiger partial charge in [-0.05, 0) is 12.8 Å². The van der Waals surface area contributed by atoms with Crippen molar-refractivity contribution in [2.45, 2.75) is 50.9 Å². The third kappa shape index (κ3) is 3.53. The van der Waals surface area contributed by atoms with Crippen LogP contribution in [0.25, 0.3) is 0 Å². The van der Waals surface area contributed by atoms with Crippen LogP contribution in [0.1, 0.15) is 55.1 Å². The fourth-order valence-electron chi connectivity index (χ4n) is 2.34. The van der Waals surface area contributed by atoms with E-state index < -0.39 is 0 Å². The van der Waals surface area contributed by atoms with E-state index >= 15 is 0 Å². The summed E-state index contributed by atoms with van der Waals surface area (Å²) in [4.78, 5) is 15.7. The number of carbonyl (C=O) groups excluding carboxylic acids is 1. The van der Waals surface area contributed by atoms with Crippen LogP contribution < -0.4 is 0 Å². The Labute approximate surface area is 106 Å². The Morgan fingerprint density at radius 2 is 2.24 bits per heavy atom. The minimum Gasteiger partial charge on any atom is -0.469 e. The van der Waals surface area contributed by atoms with Crippen molar-refractivity contribution < 1.29 is 9.53 Å². The molecular formula is C13H19NO2S. The molecule has 0 atom stereocenters. The number of carbonyl (C=O) groups is 1. The largest absolute Gasteiger partial charge is 0.469 e. The van der Waals surface area contributed by atoms with Crippen molar-refractivity contribution >= 4 is 17.3 Å². The molecule has 0 radical (unpaired) electrons. The minimum atomic E-state index is -0.153. The van der Waals surface area contributed by atoms with Crippen LogP contribution in [0.5, 0.6) is 0 Å². The lowest BCUT2D eigenvalue weighted by Crippen LogP contribution is -2.05. The summed E-state index contributed by atoms with van der Waals surface area (Å²) >= 11 is 1.68. The molecule has 17 heavy (non-hydrogen) atoms. The van der Waals surface area contributed by atoms with Gasteiger partial charge in [-0.15, -0.1) is 11.3 Å². The third-order valence-electron chi connectivity index (χ3n) is 3.36. The zero-order valence-corrected chi connectivity index (χ0v) is 11.1. The van der Waals surface area contributed by atoms with Crippen LogP contribution in [0.2, 0.25) is 0 Å². The van der Waals surface area contributed by atoms with Gasteiger partial charge >= 0.3 is 5.97 Å². The predicted molar refractivity (Wildman–Crippen MR) is 68.3 cm³/mol. The molecule has 0 aromatic carbocycles. The first-order valence-electron chi connectivity index (χ1n) is 6.30. The SMILES string of the molecule is COC(=O)CCc1nc(C2CCCCC2)cs1. The summed E-state index contributed by atoms with van der Waals surface area (Å²) in [5, 5.41) is 3.23. The van der Waals surface area contributed by atoms with Gasteiger partial charge in [0.2, 0.25) is 0 Å². The Morgan fingerprint density at radius 1 is 1.47 bits per heavy atom. The molecule has 1 aliphatic rings. The number of esters is 1. The lowest BCUT2D eigenvalue weighted by atomic mass is 9.87. The summed E-state index contributed by atoms with van der Waals surface area (Å²) in [7, 11) is 1.43. The van der Waals surface area contributed by atoms with Gasteiger partial charge in [-0.25, -0.2) is 4.98 Å². The Bertz CT molecular complexity index is 369. The fraction of sp³-hybridized carbons (Fsp3) is 0.692. The zero-order chi connectivity index (χ0) is 12.1. The van der Waals surface area contributed by atoms with Crippen molar-refractivity contribution in [1.29, 1.82) is 0 Å². The number of nitrogens with zero attached hydrogens (tertiary/aromatic N) is 1. The Morgan fingerprint density at radius 3 is 2.94 bits per heavy atom. The monoisotopic (exact) mass is 253 g/mol. The van der Waals surface area contributed by atoms with E-state index in [1.54, 1.807) is 11.3 Å². The van der Waals surface area contributed by atoms with Crippen LogP contribution >= 0.6 is 11.3 Å². The molecule has 1 saturated carbocycles. The lowest BCUT2D eigenvalue weighted by Gasteiger charge is -2.19. The number of aryl methyl sites for hydroxylation is 1. The molecule has 1 fully saturated rings. The van der Waals surface area contributed by atoms with Gasteiger partial charge in [-0.2, -0.15) is 0 Å². The molecule has 0 aliphatic heterocycles. The molecule has 1 heterocycles. The van der Waals surface area contributed by atoms with Crippen LogP contribution in [0.4, 0.5) is 0 Å². The Balaban J connectivity index is 1.88. The molecule has 3 nitrogen and oxygen atoms in total. The number of methoxy groups -OCH3 is 1. The van der Waals surface area contributed by atoms with E-state index in [1.807, 2.05) is 0 Å². The maximum atomic E-state index is 11.0. The molecule has 94 valence electrons. The summed E-state index contributed by atoms with van der Waals surface area (Å²) in [5.74, 6) is 0.506. The first-order valence-corrected chi connectivity index (χ1v) is 7.18. The van der Waals surface area contributed by atoms with Crippen molar-refractivity contribution in [2.75, 3.05) is 7.11 Å². The Kier molecular flexibility index (Phi) is 4.54. The van der Waals surface area contributed by atoms with E-state index in [0.29, 0.717) is 18.8 Å². The van der Waals surface area contributed by atoms with E-state index in [0.717, 1.165) is 5.01 Å². The predicted octanol–water partition coefficient (Wildman–Crippen LogP) is 3.30. The molecule has 0 saturated heterocycles. The van der Waals surface area contributed by atoms with E-state index in [4.69, 9.17) is 0 Å². The molecule has 2 rings (SSSR count). The quantitative estimate of drug-likeness (QED) is 0.773. The van der Waals surface area contributed by atoms with E-state index in [1.165, 1.54) is 44.9 Å². The average molecular weight is 253 g/mol. The van der Waals surface area contributed by atoms with Gasteiger partial charge in [0, 0.05) is 17.7 Å². The van der Waals surface area contributed by atoms with Crippen molar-refractivity contribution in [2.24, 2.45) is 0 Å². The first-order chi connectivity index (χ1) is 8.29. The van der Waals surface area contributed by atoms with Crippen LogP contribution in [-0.4, -0.2) is 18.1 Å². The normalized spacial score (nSPS) is 17.0. The van der Waals surface area contributed by atoms with Crippen LogP contribution in [0, 0.1) is 0 Å². The standard InChI is InChI=1S/C13H19NO2S/c1-16-13(15)8-7-12-14-11(9-17-12)10-5-3-2-4-6-10/h9-10H,2-8H2,1H3. The van der Waals surface area contributed by atoms with Crippen LogP contribution in [0.15, 0.2) is 5.38 Å². The Hall–Kier alpha value is -0.900. The minimum absolute atomic E-state index is 0.153. The van der Waals surface area contributed by atoms with Gasteiger partial charge in [0.05, 0.1) is 24.2 Å². The second-order valence-corrected chi connectivity index (χ2v) is 5.52. The third-order valence-corrected chi connectivity index (χ3v) is 4.29. The highest BCUT2D eigenvalue weighted by Gasteiger charge is 2.18. The van der Waals surface area contributed by atoms with E-state index in [2.05, 4.69) is 15.1 Å². The fourth-order valence-corrected chi connectivity index (χ4v) is 3.22. The number of aromatic nitrogens is 1. The van der Waals surface area contributed by atoms with Crippen molar-refractivity contribution in [3.05, 3.63) is 16.1 Å². The number of rotatable bonds is 4. The maximum Gasteiger partial charge on any atom is 0.305 e. The van der Waals surface area contributed by atoms with Crippen LogP contribution in [-0.2, 0) is 16.0 Å². The molecule has 0 amide bonds. The molecule has 0 N–H and O–H groups in total. The van der Waals surface area contributed by atoms with Crippen LogP contribution in [0.3, 0.4) is 0 Å². The lowest BCUT2D eigenvalue weighted by molar-refractivity contribution is -0.140. The average Bonchev–Trinajstić information content (AvgIpc) is 2.86. The van der Waals surface area contributed by atoms with Gasteiger partial charge in [-0.3, -0.25) is 4.79 Å². The summed E-state index contributed by atoms with van der Waals surface area (Å²) in [6.45, 7) is 0. The molecule has 0 spiro atoms. The maximum absolute atomic E-state index is 11.0. The first kappa shape index (κ1) is 12.6. The van der Waals surface area contributed by atoms with E-state index in [-0.39, 0.29) is 5.97 Å². The topological polar surface area (TPSA) is 39.2 Å². The summed E-state index contributed by atoms with van der Waals surface area (Å²) < 4.78 is 4.63. The molecule has 0 bridgehead atoms. The number of hydrogen-bond donors (Lipinski definition) is 0. The molecule has 4 heteroatoms. The molecule has 1 aromatic rings. The van der Waals surface area contributed by atoms with Gasteiger partial charge in [0.25, 0.3) is 0 Å². The smallest absolute Gasteiger partial charge is 0.305 e. The molecule has 1 aliphatic carbocycles. The molecular weight excluding hydrogens is 234 g/mol. The highest BCUT2D eigenvalue weighted by molar-refractivity contribution is 7.09. The van der Waals surface area contributed by atoms with Crippen molar-refractivity contribution in [3.63, 3.8) is 0 Å². The number of thiazole rings is 1. The van der Waals surface area contributed by atoms with Gasteiger partial charge in [0.15, 0.2) is 0 Å².